The van der Waals surface area contributed by atoms with Crippen LogP contribution in [0.3, 0.4) is 0 Å². The van der Waals surface area contributed by atoms with Crippen LogP contribution in [0.1, 0.15) is 11.1 Å². The molecule has 0 atom stereocenters. The van der Waals surface area contributed by atoms with Crippen molar-refractivity contribution in [1.82, 2.24) is 9.88 Å². The maximum Gasteiger partial charge on any atom is 0.0505 e. The first kappa shape index (κ1) is 14.5. The third-order valence-corrected chi connectivity index (χ3v) is 4.31. The molecule has 0 radical (unpaired) electrons. The van der Waals surface area contributed by atoms with Gasteiger partial charge in [0.2, 0.25) is 0 Å². The highest BCUT2D eigenvalue weighted by Gasteiger charge is 2.08. The van der Waals surface area contributed by atoms with Gasteiger partial charge in [0, 0.05) is 33.9 Å². The minimum atomic E-state index is 0.674. The van der Waals surface area contributed by atoms with E-state index in [1.165, 1.54) is 16.5 Å². The zero-order chi connectivity index (χ0) is 14.8. The van der Waals surface area contributed by atoms with Crippen molar-refractivity contribution in [3.8, 4) is 0 Å². The third-order valence-electron chi connectivity index (χ3n) is 3.61. The highest BCUT2D eigenvalue weighted by molar-refractivity contribution is 6.36. The molecule has 4 heteroatoms. The first-order valence-electron chi connectivity index (χ1n) is 6.84. The van der Waals surface area contributed by atoms with Gasteiger partial charge in [-0.05, 0) is 48.3 Å². The van der Waals surface area contributed by atoms with Crippen LogP contribution >= 0.6 is 23.2 Å². The van der Waals surface area contributed by atoms with Gasteiger partial charge >= 0.3 is 0 Å². The van der Waals surface area contributed by atoms with Gasteiger partial charge in [0.05, 0.1) is 6.54 Å². The molecule has 2 nitrogen and oxygen atoms in total. The first-order chi connectivity index (χ1) is 10.2. The van der Waals surface area contributed by atoms with Crippen molar-refractivity contribution >= 4 is 34.1 Å². The molecular weight excluding hydrogens is 303 g/mol. The van der Waals surface area contributed by atoms with Gasteiger partial charge in [0.25, 0.3) is 0 Å². The summed E-state index contributed by atoms with van der Waals surface area (Å²) < 4.78 is 2.17. The maximum absolute atomic E-state index is 6.26. The van der Waals surface area contributed by atoms with E-state index < -0.39 is 0 Å². The molecule has 0 saturated carbocycles. The van der Waals surface area contributed by atoms with Crippen LogP contribution in [0.15, 0.2) is 48.7 Å². The molecule has 1 heterocycles. The quantitative estimate of drug-likeness (QED) is 0.736. The minimum Gasteiger partial charge on any atom is -0.343 e. The molecule has 0 aliphatic carbocycles. The maximum atomic E-state index is 6.26. The Morgan fingerprint density at radius 1 is 1.05 bits per heavy atom. The van der Waals surface area contributed by atoms with Crippen LogP contribution in [0, 0.1) is 0 Å². The lowest BCUT2D eigenvalue weighted by molar-refractivity contribution is 0.817. The predicted molar refractivity (Wildman–Crippen MR) is 90.3 cm³/mol. The number of halogens is 2. The Morgan fingerprint density at radius 2 is 1.81 bits per heavy atom. The second-order valence-corrected chi connectivity index (χ2v) is 5.88. The van der Waals surface area contributed by atoms with Crippen LogP contribution in [0.2, 0.25) is 10.0 Å². The lowest BCUT2D eigenvalue weighted by Crippen LogP contribution is -2.04. The van der Waals surface area contributed by atoms with E-state index in [9.17, 15) is 0 Å². The Labute approximate surface area is 134 Å². The summed E-state index contributed by atoms with van der Waals surface area (Å²) in [7, 11) is 1.95. The fourth-order valence-corrected chi connectivity index (χ4v) is 3.07. The van der Waals surface area contributed by atoms with Crippen LogP contribution in [-0.2, 0) is 13.1 Å². The normalized spacial score (nSPS) is 11.2. The minimum absolute atomic E-state index is 0.674. The summed E-state index contributed by atoms with van der Waals surface area (Å²) in [5.74, 6) is 0. The van der Waals surface area contributed by atoms with Crippen LogP contribution in [0.5, 0.6) is 0 Å². The molecule has 3 aromatic rings. The number of aromatic nitrogens is 1. The van der Waals surface area contributed by atoms with Gasteiger partial charge in [-0.25, -0.2) is 0 Å². The zero-order valence-corrected chi connectivity index (χ0v) is 13.2. The van der Waals surface area contributed by atoms with Crippen molar-refractivity contribution in [3.63, 3.8) is 0 Å². The molecule has 21 heavy (non-hydrogen) atoms. The Bertz CT molecular complexity index is 757. The largest absolute Gasteiger partial charge is 0.343 e. The van der Waals surface area contributed by atoms with Crippen LogP contribution in [-0.4, -0.2) is 11.6 Å². The molecule has 0 aliphatic heterocycles. The van der Waals surface area contributed by atoms with Crippen molar-refractivity contribution in [3.05, 3.63) is 69.8 Å². The molecule has 108 valence electrons. The number of rotatable bonds is 4. The summed E-state index contributed by atoms with van der Waals surface area (Å²) in [5.41, 5.74) is 3.42. The topological polar surface area (TPSA) is 17.0 Å². The number of hydrogen-bond acceptors (Lipinski definition) is 1. The predicted octanol–water partition coefficient (Wildman–Crippen LogP) is 4.72. The van der Waals surface area contributed by atoms with Crippen molar-refractivity contribution in [2.45, 2.75) is 13.1 Å². The Hall–Kier alpha value is -1.48. The standard InChI is InChI=1S/C17H16Cl2N2/c1-20-10-12-5-6-17-13(9-12)7-8-21(17)11-14-15(18)3-2-4-16(14)19/h2-9,20H,10-11H2,1H3. The average Bonchev–Trinajstić information content (AvgIpc) is 2.86. The third kappa shape index (κ3) is 2.93. The smallest absolute Gasteiger partial charge is 0.0505 e. The lowest BCUT2D eigenvalue weighted by atomic mass is 10.1. The summed E-state index contributed by atoms with van der Waals surface area (Å²) in [6, 6.07) is 14.2. The van der Waals surface area contributed by atoms with Crippen molar-refractivity contribution in [1.29, 1.82) is 0 Å². The van der Waals surface area contributed by atoms with Crippen molar-refractivity contribution in [2.75, 3.05) is 7.05 Å². The molecule has 1 aromatic heterocycles. The zero-order valence-electron chi connectivity index (χ0n) is 11.7. The van der Waals surface area contributed by atoms with Crippen LogP contribution < -0.4 is 5.32 Å². The van der Waals surface area contributed by atoms with Gasteiger partial charge in [0.15, 0.2) is 0 Å². The van der Waals surface area contributed by atoms with E-state index in [1.54, 1.807) is 0 Å². The van der Waals surface area contributed by atoms with Gasteiger partial charge < -0.3 is 9.88 Å². The Morgan fingerprint density at radius 3 is 2.52 bits per heavy atom. The van der Waals surface area contributed by atoms with Gasteiger partial charge in [0.1, 0.15) is 0 Å². The summed E-state index contributed by atoms with van der Waals surface area (Å²) in [6.07, 6.45) is 2.08. The Kier molecular flexibility index (Phi) is 4.20. The highest BCUT2D eigenvalue weighted by Crippen LogP contribution is 2.27. The summed E-state index contributed by atoms with van der Waals surface area (Å²) in [5, 5.41) is 5.81. The second-order valence-electron chi connectivity index (χ2n) is 5.07. The van der Waals surface area contributed by atoms with E-state index in [0.717, 1.165) is 12.1 Å². The number of nitrogens with one attached hydrogen (secondary N) is 1. The van der Waals surface area contributed by atoms with E-state index in [4.69, 9.17) is 23.2 Å². The molecule has 0 fully saturated rings. The Balaban J connectivity index is 1.98. The van der Waals surface area contributed by atoms with Crippen LogP contribution in [0.25, 0.3) is 10.9 Å². The summed E-state index contributed by atoms with van der Waals surface area (Å²) >= 11 is 12.5. The van der Waals surface area contributed by atoms with E-state index >= 15 is 0 Å². The molecule has 0 unspecified atom stereocenters. The number of hydrogen-bond donors (Lipinski definition) is 1. The molecule has 0 amide bonds. The SMILES string of the molecule is CNCc1ccc2c(ccn2Cc2c(Cl)cccc2Cl)c1. The molecule has 0 aliphatic rings. The summed E-state index contributed by atoms with van der Waals surface area (Å²) in [6.45, 7) is 1.55. The summed E-state index contributed by atoms with van der Waals surface area (Å²) in [4.78, 5) is 0. The van der Waals surface area contributed by atoms with E-state index in [1.807, 2.05) is 25.2 Å². The molecule has 0 spiro atoms. The van der Waals surface area contributed by atoms with Gasteiger partial charge in [-0.15, -0.1) is 0 Å². The molecule has 1 N–H and O–H groups in total. The van der Waals surface area contributed by atoms with Gasteiger partial charge in [-0.1, -0.05) is 35.3 Å². The van der Waals surface area contributed by atoms with Gasteiger partial charge in [-0.2, -0.15) is 0 Å². The van der Waals surface area contributed by atoms with E-state index in [2.05, 4.69) is 40.3 Å². The molecular formula is C17H16Cl2N2. The molecule has 2 aromatic carbocycles. The number of nitrogens with zero attached hydrogens (tertiary/aromatic N) is 1. The second kappa shape index (κ2) is 6.10. The monoisotopic (exact) mass is 318 g/mol. The fraction of sp³-hybridized carbons (Fsp3) is 0.176. The first-order valence-corrected chi connectivity index (χ1v) is 7.60. The highest BCUT2D eigenvalue weighted by atomic mass is 35.5. The molecule has 0 bridgehead atoms. The lowest BCUT2D eigenvalue weighted by Gasteiger charge is -2.10. The van der Waals surface area contributed by atoms with Crippen molar-refractivity contribution in [2.24, 2.45) is 0 Å². The van der Waals surface area contributed by atoms with Gasteiger partial charge in [-0.3, -0.25) is 0 Å². The van der Waals surface area contributed by atoms with E-state index in [-0.39, 0.29) is 0 Å². The average molecular weight is 319 g/mol. The van der Waals surface area contributed by atoms with E-state index in [0.29, 0.717) is 16.6 Å². The molecule has 0 saturated heterocycles. The van der Waals surface area contributed by atoms with Crippen LogP contribution in [0.4, 0.5) is 0 Å². The van der Waals surface area contributed by atoms with Crippen molar-refractivity contribution < 1.29 is 0 Å². The molecule has 3 rings (SSSR count). The fourth-order valence-electron chi connectivity index (χ4n) is 2.56. The number of fused-ring (bicyclic) bond motifs is 1. The number of benzene rings is 2.